The summed E-state index contributed by atoms with van der Waals surface area (Å²) in [6, 6.07) is 0. The topological polar surface area (TPSA) is 150 Å². The molecule has 0 aromatic rings. The highest BCUT2D eigenvalue weighted by Gasteiger charge is 2.52. The average molecular weight is 645 g/mol. The van der Waals surface area contributed by atoms with Crippen molar-refractivity contribution in [1.82, 2.24) is 0 Å². The van der Waals surface area contributed by atoms with Crippen LogP contribution < -0.4 is 0 Å². The van der Waals surface area contributed by atoms with Crippen molar-refractivity contribution in [2.45, 2.75) is 155 Å². The molecular formula is C33H56O12. The fraction of sp³-hybridized carbons (Fsp3) is 0.848. The summed E-state index contributed by atoms with van der Waals surface area (Å²) in [4.78, 5) is 59.5. The van der Waals surface area contributed by atoms with E-state index in [1.807, 2.05) is 0 Å². The Bertz CT molecular complexity index is 876. The van der Waals surface area contributed by atoms with Gasteiger partial charge < -0.3 is 33.2 Å². The lowest BCUT2D eigenvalue weighted by Gasteiger charge is -2.43. The largest absolute Gasteiger partial charge is 0.463 e. The average Bonchev–Trinajstić information content (AvgIpc) is 2.96. The first kappa shape index (κ1) is 40.5. The summed E-state index contributed by atoms with van der Waals surface area (Å²) in [6.07, 6.45) is 11.0. The van der Waals surface area contributed by atoms with E-state index in [1.165, 1.54) is 77.6 Å². The van der Waals surface area contributed by atoms with Crippen molar-refractivity contribution in [3.8, 4) is 0 Å². The third-order valence-corrected chi connectivity index (χ3v) is 7.26. The molecular weight excluding hydrogens is 588 g/mol. The zero-order chi connectivity index (χ0) is 33.5. The highest BCUT2D eigenvalue weighted by molar-refractivity contribution is 5.80. The highest BCUT2D eigenvalue weighted by atomic mass is 16.7. The molecule has 0 amide bonds. The Hall–Kier alpha value is -2.57. The second kappa shape index (κ2) is 24.6. The first-order chi connectivity index (χ1) is 21.5. The molecule has 1 aliphatic heterocycles. The molecule has 0 unspecified atom stereocenters. The van der Waals surface area contributed by atoms with Crippen LogP contribution in [0.15, 0.2) is 0 Å². The molecule has 260 valence electrons. The fourth-order valence-electron chi connectivity index (χ4n) is 5.12. The number of esters is 4. The van der Waals surface area contributed by atoms with E-state index in [2.05, 4.69) is 6.92 Å². The Balaban J connectivity index is 2.46. The van der Waals surface area contributed by atoms with E-state index in [0.29, 0.717) is 6.61 Å². The summed E-state index contributed by atoms with van der Waals surface area (Å²) >= 11 is 0. The lowest BCUT2D eigenvalue weighted by molar-refractivity contribution is -0.306. The van der Waals surface area contributed by atoms with Gasteiger partial charge in [-0.25, -0.2) is 0 Å². The number of rotatable bonds is 25. The maximum Gasteiger partial charge on any atom is 0.303 e. The number of ether oxygens (including phenoxy) is 7. The van der Waals surface area contributed by atoms with Gasteiger partial charge in [0.1, 0.15) is 25.9 Å². The van der Waals surface area contributed by atoms with Crippen molar-refractivity contribution in [2.75, 3.05) is 26.4 Å². The Morgan fingerprint density at radius 3 is 1.51 bits per heavy atom. The van der Waals surface area contributed by atoms with E-state index in [-0.39, 0.29) is 19.0 Å². The van der Waals surface area contributed by atoms with Crippen LogP contribution in [0.1, 0.15) is 125 Å². The highest BCUT2D eigenvalue weighted by Crippen LogP contribution is 2.30. The van der Waals surface area contributed by atoms with Crippen LogP contribution in [0.4, 0.5) is 0 Å². The van der Waals surface area contributed by atoms with E-state index in [0.717, 1.165) is 40.0 Å². The Morgan fingerprint density at radius 2 is 1.02 bits per heavy atom. The number of Topliss-reactive ketones (excluding diaryl/α,β-unsaturated/α-hetero) is 1. The summed E-state index contributed by atoms with van der Waals surface area (Å²) in [7, 11) is 0. The van der Waals surface area contributed by atoms with E-state index >= 15 is 0 Å². The number of carbonyl (C=O) groups excluding carboxylic acids is 5. The molecule has 0 aromatic heterocycles. The number of ketones is 1. The van der Waals surface area contributed by atoms with Gasteiger partial charge in [-0.15, -0.1) is 0 Å². The molecule has 1 rings (SSSR count). The predicted molar refractivity (Wildman–Crippen MR) is 164 cm³/mol. The van der Waals surface area contributed by atoms with Gasteiger partial charge in [0, 0.05) is 34.3 Å². The van der Waals surface area contributed by atoms with Crippen LogP contribution in [0, 0.1) is 0 Å². The quantitative estimate of drug-likeness (QED) is 0.0734. The maximum atomic E-state index is 12.5. The number of hydrogen-bond donors (Lipinski definition) is 0. The van der Waals surface area contributed by atoms with Gasteiger partial charge in [0.25, 0.3) is 0 Å². The van der Waals surface area contributed by atoms with Gasteiger partial charge in [0.15, 0.2) is 30.4 Å². The van der Waals surface area contributed by atoms with Crippen LogP contribution >= 0.6 is 0 Å². The number of hydrogen-bond acceptors (Lipinski definition) is 12. The van der Waals surface area contributed by atoms with Gasteiger partial charge in [-0.3, -0.25) is 24.0 Å². The summed E-state index contributed by atoms with van der Waals surface area (Å²) < 4.78 is 38.0. The minimum absolute atomic E-state index is 0.177. The van der Waals surface area contributed by atoms with Crippen molar-refractivity contribution >= 4 is 29.7 Å². The second-order valence-corrected chi connectivity index (χ2v) is 11.6. The molecule has 1 heterocycles. The van der Waals surface area contributed by atoms with Crippen molar-refractivity contribution in [1.29, 1.82) is 0 Å². The fourth-order valence-corrected chi connectivity index (χ4v) is 5.12. The second-order valence-electron chi connectivity index (χ2n) is 11.6. The molecule has 0 aromatic carbocycles. The van der Waals surface area contributed by atoms with E-state index in [1.54, 1.807) is 0 Å². The van der Waals surface area contributed by atoms with Crippen molar-refractivity contribution in [3.05, 3.63) is 0 Å². The molecule has 0 spiro atoms. The first-order valence-corrected chi connectivity index (χ1v) is 16.6. The van der Waals surface area contributed by atoms with Crippen molar-refractivity contribution < 1.29 is 57.1 Å². The zero-order valence-electron chi connectivity index (χ0n) is 28.0. The molecule has 1 fully saturated rings. The van der Waals surface area contributed by atoms with Gasteiger partial charge in [-0.2, -0.15) is 0 Å². The molecule has 45 heavy (non-hydrogen) atoms. The van der Waals surface area contributed by atoms with Gasteiger partial charge in [-0.05, 0) is 6.42 Å². The maximum absolute atomic E-state index is 12.5. The van der Waals surface area contributed by atoms with E-state index in [4.69, 9.17) is 33.2 Å². The summed E-state index contributed by atoms with van der Waals surface area (Å²) in [6.45, 7) is 6.25. The molecule has 5 atom stereocenters. The van der Waals surface area contributed by atoms with Crippen LogP contribution in [0.5, 0.6) is 0 Å². The van der Waals surface area contributed by atoms with E-state index < -0.39 is 61.2 Å². The van der Waals surface area contributed by atoms with Crippen LogP contribution in [0.3, 0.4) is 0 Å². The molecule has 1 saturated heterocycles. The molecule has 1 aliphatic rings. The minimum Gasteiger partial charge on any atom is -0.463 e. The normalized spacial score (nSPS) is 21.1. The minimum atomic E-state index is -1.40. The molecule has 12 nitrogen and oxygen atoms in total. The van der Waals surface area contributed by atoms with Crippen LogP contribution in [-0.4, -0.2) is 86.8 Å². The molecule has 0 aliphatic carbocycles. The molecule has 0 saturated carbocycles. The number of unbranched alkanes of at least 4 members (excludes halogenated alkanes) is 13. The Labute approximate surface area is 268 Å². The Kier molecular flexibility index (Phi) is 22.1. The zero-order valence-corrected chi connectivity index (χ0v) is 28.0. The van der Waals surface area contributed by atoms with Gasteiger partial charge >= 0.3 is 23.9 Å². The third-order valence-electron chi connectivity index (χ3n) is 7.26. The third kappa shape index (κ3) is 19.5. The monoisotopic (exact) mass is 644 g/mol. The van der Waals surface area contributed by atoms with Crippen LogP contribution in [0.25, 0.3) is 0 Å². The number of carbonyl (C=O) groups is 5. The molecule has 0 N–H and O–H groups in total. The summed E-state index contributed by atoms with van der Waals surface area (Å²) in [5, 5.41) is 0. The Morgan fingerprint density at radius 1 is 0.556 bits per heavy atom. The van der Waals surface area contributed by atoms with Crippen LogP contribution in [0.2, 0.25) is 0 Å². The van der Waals surface area contributed by atoms with Gasteiger partial charge in [0.2, 0.25) is 0 Å². The smallest absolute Gasteiger partial charge is 0.303 e. The molecule has 0 bridgehead atoms. The predicted octanol–water partition coefficient (Wildman–Crippen LogP) is 5.15. The van der Waals surface area contributed by atoms with Crippen LogP contribution in [-0.2, 0) is 57.1 Å². The van der Waals surface area contributed by atoms with Gasteiger partial charge in [-0.1, -0.05) is 90.4 Å². The van der Waals surface area contributed by atoms with Crippen molar-refractivity contribution in [2.24, 2.45) is 0 Å². The SMILES string of the molecule is CCCCCCCCCCCCCCCCOCC(=O)CO[C@@H]1O[C@H](COC(C)=O)[C@H](OC(C)=O)[C@H](OC(C)=O)[C@H]1OC(C)=O. The van der Waals surface area contributed by atoms with Crippen molar-refractivity contribution in [3.63, 3.8) is 0 Å². The lowest BCUT2D eigenvalue weighted by atomic mass is 9.98. The lowest BCUT2D eigenvalue weighted by Crippen LogP contribution is -2.63. The molecule has 0 radical (unpaired) electrons. The molecule has 12 heteroatoms. The van der Waals surface area contributed by atoms with E-state index in [9.17, 15) is 24.0 Å². The standard InChI is InChI=1S/C33H56O12/c1-6-7-8-9-10-11-12-13-14-15-16-17-18-19-20-39-21-28(38)22-41-33-32(44-27(5)37)31(43-26(4)36)30(42-25(3)35)29(45-33)23-40-24(2)34/h29-33H,6-23H2,1-5H3/t29-,30+,31+,32-,33-/m1/s1. The summed E-state index contributed by atoms with van der Waals surface area (Å²) in [5.41, 5.74) is 0. The first-order valence-electron chi connectivity index (χ1n) is 16.6. The van der Waals surface area contributed by atoms with Gasteiger partial charge in [0.05, 0.1) is 0 Å². The summed E-state index contributed by atoms with van der Waals surface area (Å²) in [5.74, 6) is -3.25.